The van der Waals surface area contributed by atoms with Gasteiger partial charge in [-0.05, 0) is 54.7 Å². The van der Waals surface area contributed by atoms with E-state index in [-0.39, 0.29) is 0 Å². The summed E-state index contributed by atoms with van der Waals surface area (Å²) in [5.74, 6) is 1.44. The third-order valence-electron chi connectivity index (χ3n) is 4.28. The lowest BCUT2D eigenvalue weighted by Crippen LogP contribution is -2.19. The minimum atomic E-state index is 0.711. The van der Waals surface area contributed by atoms with Crippen molar-refractivity contribution in [3.05, 3.63) is 66.1 Å². The fourth-order valence-electron chi connectivity index (χ4n) is 3.38. The zero-order valence-corrected chi connectivity index (χ0v) is 10.8. The molecule has 1 saturated carbocycles. The summed E-state index contributed by atoms with van der Waals surface area (Å²) in [5.41, 5.74) is 3.07. The molecule has 0 heteroatoms. The number of hydrogen-bond acceptors (Lipinski definition) is 0. The molecule has 0 saturated heterocycles. The van der Waals surface area contributed by atoms with Crippen LogP contribution in [0.15, 0.2) is 48.1 Å². The summed E-state index contributed by atoms with van der Waals surface area (Å²) in [6.07, 6.45) is 15.7. The van der Waals surface area contributed by atoms with Crippen molar-refractivity contribution >= 4 is 0 Å². The van der Waals surface area contributed by atoms with Crippen LogP contribution in [-0.4, -0.2) is 0 Å². The van der Waals surface area contributed by atoms with E-state index in [0.717, 1.165) is 12.3 Å². The van der Waals surface area contributed by atoms with E-state index in [1.807, 2.05) is 0 Å². The topological polar surface area (TPSA) is 0 Å². The van der Waals surface area contributed by atoms with Crippen molar-refractivity contribution in [1.29, 1.82) is 0 Å². The lowest BCUT2D eigenvalue weighted by Gasteiger charge is -2.33. The second-order valence-corrected chi connectivity index (χ2v) is 5.37. The Labute approximate surface area is 110 Å². The standard InChI is InChI=1S/C18H20/c1-3-9-15(10-4-1)17-13-7-8-14-18(17)16-11-5-2-6-12-16/h1,3,5-6,9-12,17-18H,4,7-8,13-14H2. The maximum atomic E-state index is 3.13. The van der Waals surface area contributed by atoms with E-state index >= 15 is 0 Å². The normalized spacial score (nSPS) is 27.9. The molecule has 2 radical (unpaired) electrons. The van der Waals surface area contributed by atoms with Gasteiger partial charge in [-0.1, -0.05) is 55.3 Å². The fourth-order valence-corrected chi connectivity index (χ4v) is 3.38. The summed E-state index contributed by atoms with van der Waals surface area (Å²) < 4.78 is 0. The molecule has 92 valence electrons. The molecule has 3 rings (SSSR count). The van der Waals surface area contributed by atoms with Gasteiger partial charge in [-0.25, -0.2) is 0 Å². The van der Waals surface area contributed by atoms with Crippen molar-refractivity contribution in [2.24, 2.45) is 5.92 Å². The van der Waals surface area contributed by atoms with Gasteiger partial charge >= 0.3 is 0 Å². The smallest absolute Gasteiger partial charge is 0.00932 e. The van der Waals surface area contributed by atoms with Crippen LogP contribution in [0.3, 0.4) is 0 Å². The maximum Gasteiger partial charge on any atom is -0.00932 e. The van der Waals surface area contributed by atoms with Crippen LogP contribution in [0.4, 0.5) is 0 Å². The first kappa shape index (κ1) is 11.8. The average Bonchev–Trinajstić information content (AvgIpc) is 2.49. The Balaban J connectivity index is 1.86. The van der Waals surface area contributed by atoms with Crippen molar-refractivity contribution in [1.82, 2.24) is 0 Å². The second kappa shape index (κ2) is 5.56. The molecule has 1 aromatic rings. The van der Waals surface area contributed by atoms with E-state index in [0.29, 0.717) is 5.92 Å². The molecular formula is C18H20. The SMILES string of the molecule is [c]1ccc(C2CCCCC2C2=CC[CH]C=C2)cc1. The van der Waals surface area contributed by atoms with Crippen molar-refractivity contribution in [3.63, 3.8) is 0 Å². The number of allylic oxidation sites excluding steroid dienone is 4. The number of rotatable bonds is 2. The van der Waals surface area contributed by atoms with E-state index in [1.54, 1.807) is 5.57 Å². The summed E-state index contributed by atoms with van der Waals surface area (Å²) >= 11 is 0. The molecular weight excluding hydrogens is 216 g/mol. The van der Waals surface area contributed by atoms with Crippen LogP contribution in [0.1, 0.15) is 43.6 Å². The first-order valence-electron chi connectivity index (χ1n) is 7.11. The summed E-state index contributed by atoms with van der Waals surface area (Å²) in [5, 5.41) is 0. The molecule has 18 heavy (non-hydrogen) atoms. The second-order valence-electron chi connectivity index (χ2n) is 5.37. The predicted octanol–water partition coefficient (Wildman–Crippen LogP) is 4.85. The number of benzene rings is 1. The lowest BCUT2D eigenvalue weighted by molar-refractivity contribution is 0.351. The molecule has 0 nitrogen and oxygen atoms in total. The average molecular weight is 236 g/mol. The van der Waals surface area contributed by atoms with Gasteiger partial charge in [0.1, 0.15) is 0 Å². The highest BCUT2D eigenvalue weighted by atomic mass is 14.3. The summed E-state index contributed by atoms with van der Waals surface area (Å²) in [4.78, 5) is 0. The molecule has 1 fully saturated rings. The fraction of sp³-hybridized carbons (Fsp3) is 0.389. The Bertz CT molecular complexity index is 438. The van der Waals surface area contributed by atoms with Gasteiger partial charge < -0.3 is 0 Å². The molecule has 0 spiro atoms. The summed E-state index contributed by atoms with van der Waals surface area (Å²) in [6.45, 7) is 0. The van der Waals surface area contributed by atoms with Gasteiger partial charge in [0.15, 0.2) is 0 Å². The van der Waals surface area contributed by atoms with Gasteiger partial charge in [-0.2, -0.15) is 0 Å². The molecule has 2 unspecified atom stereocenters. The van der Waals surface area contributed by atoms with Gasteiger partial charge in [-0.3, -0.25) is 0 Å². The van der Waals surface area contributed by atoms with Crippen molar-refractivity contribution in [2.75, 3.05) is 0 Å². The van der Waals surface area contributed by atoms with Crippen LogP contribution in [0.5, 0.6) is 0 Å². The molecule has 2 aliphatic carbocycles. The molecule has 0 heterocycles. The van der Waals surface area contributed by atoms with Gasteiger partial charge in [-0.15, -0.1) is 0 Å². The van der Waals surface area contributed by atoms with Crippen LogP contribution in [0, 0.1) is 18.4 Å². The lowest BCUT2D eigenvalue weighted by atomic mass is 9.71. The third kappa shape index (κ3) is 2.43. The molecule has 0 N–H and O–H groups in total. The summed E-state index contributed by atoms with van der Waals surface area (Å²) in [6, 6.07) is 11.7. The van der Waals surface area contributed by atoms with Crippen LogP contribution in [0.25, 0.3) is 0 Å². The maximum absolute atomic E-state index is 3.13. The Kier molecular flexibility index (Phi) is 3.64. The van der Waals surface area contributed by atoms with Crippen molar-refractivity contribution in [3.8, 4) is 0 Å². The van der Waals surface area contributed by atoms with Crippen LogP contribution in [0.2, 0.25) is 0 Å². The van der Waals surface area contributed by atoms with E-state index in [1.165, 1.54) is 31.2 Å². The zero-order valence-electron chi connectivity index (χ0n) is 10.8. The highest BCUT2D eigenvalue weighted by molar-refractivity contribution is 5.33. The highest BCUT2D eigenvalue weighted by Crippen LogP contribution is 2.42. The predicted molar refractivity (Wildman–Crippen MR) is 76.1 cm³/mol. The molecule has 0 amide bonds. The van der Waals surface area contributed by atoms with Gasteiger partial charge in [0.05, 0.1) is 0 Å². The molecule has 0 bridgehead atoms. The molecule has 1 aromatic carbocycles. The minimum Gasteiger partial charge on any atom is -0.0804 e. The van der Waals surface area contributed by atoms with E-state index in [9.17, 15) is 0 Å². The van der Waals surface area contributed by atoms with Crippen molar-refractivity contribution < 1.29 is 0 Å². The largest absolute Gasteiger partial charge is 0.0804 e. The quantitative estimate of drug-likeness (QED) is 0.688. The van der Waals surface area contributed by atoms with Gasteiger partial charge in [0.2, 0.25) is 0 Å². The Morgan fingerprint density at radius 1 is 1.00 bits per heavy atom. The van der Waals surface area contributed by atoms with E-state index in [2.05, 4.69) is 55.0 Å². The Morgan fingerprint density at radius 2 is 1.78 bits per heavy atom. The highest BCUT2D eigenvalue weighted by Gasteiger charge is 2.28. The Morgan fingerprint density at radius 3 is 2.50 bits per heavy atom. The van der Waals surface area contributed by atoms with Crippen LogP contribution in [-0.2, 0) is 0 Å². The number of hydrogen-bond donors (Lipinski definition) is 0. The van der Waals surface area contributed by atoms with Crippen LogP contribution >= 0.6 is 0 Å². The van der Waals surface area contributed by atoms with Crippen molar-refractivity contribution in [2.45, 2.75) is 38.0 Å². The van der Waals surface area contributed by atoms with E-state index in [4.69, 9.17) is 0 Å². The first-order valence-corrected chi connectivity index (χ1v) is 7.11. The Hall–Kier alpha value is -1.30. The molecule has 2 aliphatic rings. The van der Waals surface area contributed by atoms with E-state index < -0.39 is 0 Å². The molecule has 2 atom stereocenters. The minimum absolute atomic E-state index is 0.711. The first-order chi connectivity index (χ1) is 8.95. The molecule has 0 aromatic heterocycles. The van der Waals surface area contributed by atoms with Gasteiger partial charge in [0.25, 0.3) is 0 Å². The molecule has 0 aliphatic heterocycles. The zero-order chi connectivity index (χ0) is 12.2. The summed E-state index contributed by atoms with van der Waals surface area (Å²) in [7, 11) is 0. The van der Waals surface area contributed by atoms with Gasteiger partial charge in [0, 0.05) is 0 Å². The van der Waals surface area contributed by atoms with Crippen LogP contribution < -0.4 is 0 Å². The third-order valence-corrected chi connectivity index (χ3v) is 4.28. The monoisotopic (exact) mass is 236 g/mol.